The molecule has 0 saturated carbocycles. The summed E-state index contributed by atoms with van der Waals surface area (Å²) in [6.07, 6.45) is 1.67. The third-order valence-corrected chi connectivity index (χ3v) is 5.75. The van der Waals surface area contributed by atoms with Gasteiger partial charge in [-0.15, -0.1) is 0 Å². The maximum absolute atomic E-state index is 5.92. The topological polar surface area (TPSA) is 83.4 Å². The number of nitrogens with zero attached hydrogens (tertiary/aromatic N) is 2. The summed E-state index contributed by atoms with van der Waals surface area (Å²) in [4.78, 5) is 4.50. The van der Waals surface area contributed by atoms with Crippen molar-refractivity contribution in [2.45, 2.75) is 0 Å². The number of thiazole rings is 1. The number of methoxy groups -OCH3 is 3. The normalized spacial score (nSPS) is 10.9. The van der Waals surface area contributed by atoms with Gasteiger partial charge in [-0.05, 0) is 36.4 Å². The molecule has 0 saturated heterocycles. The SMILES string of the molecule is COc1ccccc1OCCOc1c(OC)cc(/C=N/Nc2nc3ccccc3s2)cc1OC. The number of nitrogens with one attached hydrogen (secondary N) is 1. The molecule has 0 radical (unpaired) electrons. The molecule has 0 spiro atoms. The molecule has 1 heterocycles. The van der Waals surface area contributed by atoms with Crippen molar-refractivity contribution >= 4 is 32.9 Å². The molecule has 3 aromatic carbocycles. The average molecular weight is 480 g/mol. The monoisotopic (exact) mass is 479 g/mol. The van der Waals surface area contributed by atoms with E-state index in [1.165, 1.54) is 11.3 Å². The first-order valence-electron chi connectivity index (χ1n) is 10.5. The second-order valence-electron chi connectivity index (χ2n) is 6.96. The minimum absolute atomic E-state index is 0.289. The number of fused-ring (bicyclic) bond motifs is 1. The molecule has 0 amide bonds. The molecule has 1 N–H and O–H groups in total. The number of benzene rings is 3. The summed E-state index contributed by atoms with van der Waals surface area (Å²) in [6.45, 7) is 0.610. The van der Waals surface area contributed by atoms with Crippen molar-refractivity contribution in [1.29, 1.82) is 0 Å². The average Bonchev–Trinajstić information content (AvgIpc) is 3.29. The van der Waals surface area contributed by atoms with Crippen LogP contribution in [-0.4, -0.2) is 45.7 Å². The standard InChI is InChI=1S/C25H25N3O5S/c1-29-19-9-5-6-10-20(19)32-12-13-33-24-21(30-2)14-17(15-22(24)31-3)16-26-28-25-27-18-8-4-7-11-23(18)34-25/h4-11,14-16H,12-13H2,1-3H3,(H,27,28)/b26-16+. The van der Waals surface area contributed by atoms with E-state index in [4.69, 9.17) is 23.7 Å². The summed E-state index contributed by atoms with van der Waals surface area (Å²) in [5.74, 6) is 2.86. The van der Waals surface area contributed by atoms with Crippen LogP contribution in [0.3, 0.4) is 0 Å². The quantitative estimate of drug-likeness (QED) is 0.179. The minimum atomic E-state index is 0.289. The van der Waals surface area contributed by atoms with Gasteiger partial charge in [-0.2, -0.15) is 5.10 Å². The number of para-hydroxylation sites is 3. The number of anilines is 1. The van der Waals surface area contributed by atoms with E-state index >= 15 is 0 Å². The smallest absolute Gasteiger partial charge is 0.204 e. The highest BCUT2D eigenvalue weighted by Crippen LogP contribution is 2.38. The van der Waals surface area contributed by atoms with Gasteiger partial charge in [0.15, 0.2) is 23.0 Å². The van der Waals surface area contributed by atoms with E-state index in [1.807, 2.05) is 60.7 Å². The molecule has 0 unspecified atom stereocenters. The lowest BCUT2D eigenvalue weighted by atomic mass is 10.2. The van der Waals surface area contributed by atoms with Gasteiger partial charge in [0.05, 0.1) is 37.8 Å². The van der Waals surface area contributed by atoms with Crippen molar-refractivity contribution in [2.24, 2.45) is 5.10 Å². The van der Waals surface area contributed by atoms with Gasteiger partial charge in [-0.25, -0.2) is 4.98 Å². The zero-order chi connectivity index (χ0) is 23.8. The molecule has 34 heavy (non-hydrogen) atoms. The largest absolute Gasteiger partial charge is 0.493 e. The molecule has 0 atom stereocenters. The fourth-order valence-corrected chi connectivity index (χ4v) is 4.05. The van der Waals surface area contributed by atoms with E-state index in [0.29, 0.717) is 40.5 Å². The Labute approximate surface area is 201 Å². The van der Waals surface area contributed by atoms with Crippen LogP contribution in [-0.2, 0) is 0 Å². The molecular formula is C25H25N3O5S. The van der Waals surface area contributed by atoms with Crippen LogP contribution in [0.15, 0.2) is 65.8 Å². The molecule has 8 nitrogen and oxygen atoms in total. The Kier molecular flexibility index (Phi) is 7.67. The first kappa shape index (κ1) is 23.2. The van der Waals surface area contributed by atoms with Crippen molar-refractivity contribution < 1.29 is 23.7 Å². The van der Waals surface area contributed by atoms with Crippen molar-refractivity contribution in [3.05, 3.63) is 66.2 Å². The third-order valence-electron chi connectivity index (χ3n) is 4.81. The highest BCUT2D eigenvalue weighted by atomic mass is 32.1. The van der Waals surface area contributed by atoms with E-state index in [9.17, 15) is 0 Å². The second-order valence-corrected chi connectivity index (χ2v) is 7.99. The van der Waals surface area contributed by atoms with Crippen molar-refractivity contribution in [3.63, 3.8) is 0 Å². The molecule has 4 aromatic rings. The van der Waals surface area contributed by atoms with Crippen molar-refractivity contribution in [3.8, 4) is 28.7 Å². The van der Waals surface area contributed by atoms with Gasteiger partial charge in [0, 0.05) is 5.56 Å². The lowest BCUT2D eigenvalue weighted by molar-refractivity contribution is 0.200. The number of hydrogen-bond acceptors (Lipinski definition) is 9. The number of hydrogen-bond donors (Lipinski definition) is 1. The van der Waals surface area contributed by atoms with Gasteiger partial charge in [0.2, 0.25) is 10.9 Å². The lowest BCUT2D eigenvalue weighted by Gasteiger charge is -2.16. The maximum atomic E-state index is 5.92. The van der Waals surface area contributed by atoms with Crippen LogP contribution in [0.25, 0.3) is 10.2 Å². The van der Waals surface area contributed by atoms with Gasteiger partial charge in [0.1, 0.15) is 13.2 Å². The van der Waals surface area contributed by atoms with Gasteiger partial charge in [0.25, 0.3) is 0 Å². The van der Waals surface area contributed by atoms with Crippen molar-refractivity contribution in [2.75, 3.05) is 40.0 Å². The molecule has 0 aliphatic rings. The summed E-state index contributed by atoms with van der Waals surface area (Å²) < 4.78 is 29.1. The lowest BCUT2D eigenvalue weighted by Crippen LogP contribution is -2.11. The van der Waals surface area contributed by atoms with E-state index in [2.05, 4.69) is 15.5 Å². The van der Waals surface area contributed by atoms with E-state index in [1.54, 1.807) is 27.5 Å². The van der Waals surface area contributed by atoms with Crippen LogP contribution in [0.5, 0.6) is 28.7 Å². The summed E-state index contributed by atoms with van der Waals surface area (Å²) in [5, 5.41) is 5.02. The van der Waals surface area contributed by atoms with Crippen LogP contribution in [0.2, 0.25) is 0 Å². The Morgan fingerprint density at radius 1 is 0.824 bits per heavy atom. The first-order valence-corrected chi connectivity index (χ1v) is 11.3. The molecule has 0 fully saturated rings. The molecular weight excluding hydrogens is 454 g/mol. The zero-order valence-electron chi connectivity index (χ0n) is 19.1. The van der Waals surface area contributed by atoms with Gasteiger partial charge in [-0.3, -0.25) is 5.43 Å². The molecule has 0 bridgehead atoms. The van der Waals surface area contributed by atoms with Crippen LogP contribution < -0.4 is 29.1 Å². The summed E-state index contributed by atoms with van der Waals surface area (Å²) in [5.41, 5.74) is 4.69. The Hall–Kier alpha value is -3.98. The summed E-state index contributed by atoms with van der Waals surface area (Å²) >= 11 is 1.54. The number of rotatable bonds is 11. The van der Waals surface area contributed by atoms with E-state index in [0.717, 1.165) is 15.8 Å². The number of ether oxygens (including phenoxy) is 5. The van der Waals surface area contributed by atoms with Gasteiger partial charge < -0.3 is 23.7 Å². The minimum Gasteiger partial charge on any atom is -0.493 e. The number of hydrazone groups is 1. The molecule has 4 rings (SSSR count). The highest BCUT2D eigenvalue weighted by Gasteiger charge is 2.14. The van der Waals surface area contributed by atoms with E-state index < -0.39 is 0 Å². The molecule has 1 aromatic heterocycles. The maximum Gasteiger partial charge on any atom is 0.204 e. The fourth-order valence-electron chi connectivity index (χ4n) is 3.23. The summed E-state index contributed by atoms with van der Waals surface area (Å²) in [7, 11) is 4.76. The number of aromatic nitrogens is 1. The first-order chi connectivity index (χ1) is 16.7. The Morgan fingerprint density at radius 2 is 1.47 bits per heavy atom. The molecule has 0 aliphatic heterocycles. The fraction of sp³-hybridized carbons (Fsp3) is 0.200. The van der Waals surface area contributed by atoms with Crippen molar-refractivity contribution in [1.82, 2.24) is 4.98 Å². The zero-order valence-corrected chi connectivity index (χ0v) is 19.9. The van der Waals surface area contributed by atoms with Gasteiger partial charge in [-0.1, -0.05) is 35.6 Å². The molecule has 9 heteroatoms. The highest BCUT2D eigenvalue weighted by molar-refractivity contribution is 7.22. The third kappa shape index (κ3) is 5.49. The van der Waals surface area contributed by atoms with Crippen LogP contribution in [0.4, 0.5) is 5.13 Å². The summed E-state index contributed by atoms with van der Waals surface area (Å²) in [6, 6.07) is 19.0. The Bertz CT molecular complexity index is 1220. The van der Waals surface area contributed by atoms with Gasteiger partial charge >= 0.3 is 0 Å². The predicted molar refractivity (Wildman–Crippen MR) is 134 cm³/mol. The van der Waals surface area contributed by atoms with Crippen LogP contribution in [0, 0.1) is 0 Å². The van der Waals surface area contributed by atoms with Crippen LogP contribution >= 0.6 is 11.3 Å². The van der Waals surface area contributed by atoms with Crippen LogP contribution in [0.1, 0.15) is 5.56 Å². The molecule has 0 aliphatic carbocycles. The molecule has 176 valence electrons. The Balaban J connectivity index is 1.40. The predicted octanol–water partition coefficient (Wildman–Crippen LogP) is 5.23. The second kappa shape index (κ2) is 11.2. The van der Waals surface area contributed by atoms with E-state index in [-0.39, 0.29) is 6.61 Å². The Morgan fingerprint density at radius 3 is 2.18 bits per heavy atom.